The summed E-state index contributed by atoms with van der Waals surface area (Å²) in [5.74, 6) is 0. The van der Waals surface area contributed by atoms with Crippen LogP contribution in [-0.2, 0) is 59.0 Å². The summed E-state index contributed by atoms with van der Waals surface area (Å²) in [6.07, 6.45) is 21.7. The van der Waals surface area contributed by atoms with Gasteiger partial charge in [0.2, 0.25) is 11.4 Å². The van der Waals surface area contributed by atoms with Crippen LogP contribution in [0.2, 0.25) is 0 Å². The molecule has 11 aromatic rings. The number of aryl methyl sites for hydroxylation is 2. The summed E-state index contributed by atoms with van der Waals surface area (Å²) in [4.78, 5) is 14.4. The normalized spacial score (nSPS) is 13.9. The lowest BCUT2D eigenvalue weighted by Gasteiger charge is -2.13. The molecule has 0 bridgehead atoms. The lowest BCUT2D eigenvalue weighted by molar-refractivity contribution is -0.704. The average Bonchev–Trinajstić information content (AvgIpc) is 3.04. The lowest BCUT2D eigenvalue weighted by atomic mass is 9.88. The van der Waals surface area contributed by atoms with Gasteiger partial charge < -0.3 is 29.0 Å². The van der Waals surface area contributed by atoms with Crippen molar-refractivity contribution in [2.45, 2.75) is 49.8 Å². The SMILES string of the molecule is C(=C\c1cc2ccccc2[nH]1)/c1cc(/C=C/c2cc3ccccc3[nH]2)[n+]2c(c1)Cc1c(ccc3c1Cc1cc(/C=C/c4cc5ccccc5[nH]4)cc(/C=C/c4cc5ccccc5[nH]4)[n+]1CC3)CC2.O=S(=O)([O-])C(F)(F)F.O=S(=O)([O-])C(F)(F)F. The van der Waals surface area contributed by atoms with Gasteiger partial charge in [0.15, 0.2) is 44.7 Å². The molecule has 5 aromatic carbocycles. The molecule has 12 nitrogen and oxygen atoms in total. The molecule has 2 aliphatic rings. The third-order valence-electron chi connectivity index (χ3n) is 14.7. The Bertz CT molecular complexity index is 4250. The van der Waals surface area contributed by atoms with Crippen molar-refractivity contribution in [2.75, 3.05) is 0 Å². The highest BCUT2D eigenvalue weighted by molar-refractivity contribution is 7.86. The molecule has 426 valence electrons. The number of halogens is 6. The van der Waals surface area contributed by atoms with Gasteiger partial charge in [-0.15, -0.1) is 0 Å². The second-order valence-corrected chi connectivity index (χ2v) is 23.0. The van der Waals surface area contributed by atoms with Gasteiger partial charge in [-0.3, -0.25) is 0 Å². The number of benzene rings is 5. The Labute approximate surface area is 478 Å². The molecule has 20 heteroatoms. The molecule has 0 amide bonds. The van der Waals surface area contributed by atoms with Gasteiger partial charge >= 0.3 is 11.0 Å². The summed E-state index contributed by atoms with van der Waals surface area (Å²) in [6, 6.07) is 57.3. The van der Waals surface area contributed by atoms with Crippen LogP contribution in [0.1, 0.15) is 78.9 Å². The molecule has 6 aromatic heterocycles. The Balaban J connectivity index is 0.000000406. The number of H-pyrrole nitrogens is 4. The third-order valence-corrected chi connectivity index (χ3v) is 15.8. The van der Waals surface area contributed by atoms with Gasteiger partial charge in [0, 0.05) is 94.1 Å². The predicted molar refractivity (Wildman–Crippen MR) is 313 cm³/mol. The molecular weight excluding hydrogens is 1130 g/mol. The van der Waals surface area contributed by atoms with Crippen molar-refractivity contribution in [3.63, 3.8) is 0 Å². The smallest absolute Gasteiger partial charge is 0.485 e. The first-order chi connectivity index (χ1) is 40.1. The van der Waals surface area contributed by atoms with Crippen LogP contribution in [0.25, 0.3) is 92.2 Å². The van der Waals surface area contributed by atoms with Gasteiger partial charge in [-0.2, -0.15) is 35.5 Å². The maximum absolute atomic E-state index is 10.7. The van der Waals surface area contributed by atoms with E-state index in [9.17, 15) is 26.3 Å². The predicted octanol–water partition coefficient (Wildman–Crippen LogP) is 13.3. The average molecular weight is 1180 g/mol. The van der Waals surface area contributed by atoms with Crippen molar-refractivity contribution in [1.29, 1.82) is 0 Å². The Morgan fingerprint density at radius 3 is 0.964 bits per heavy atom. The molecule has 0 atom stereocenters. The van der Waals surface area contributed by atoms with Crippen LogP contribution in [0.15, 0.2) is 158 Å². The van der Waals surface area contributed by atoms with Crippen molar-refractivity contribution >= 4 is 112 Å². The van der Waals surface area contributed by atoms with E-state index in [1.165, 1.54) is 77.7 Å². The Morgan fingerprint density at radius 1 is 0.393 bits per heavy atom. The van der Waals surface area contributed by atoms with Crippen LogP contribution in [0.4, 0.5) is 26.3 Å². The molecule has 4 N–H and O–H groups in total. The van der Waals surface area contributed by atoms with E-state index >= 15 is 0 Å². The van der Waals surface area contributed by atoms with Crippen molar-refractivity contribution in [3.05, 3.63) is 237 Å². The van der Waals surface area contributed by atoms with E-state index in [2.05, 4.69) is 235 Å². The number of aromatic amines is 4. The quantitative estimate of drug-likeness (QED) is 0.0507. The second kappa shape index (κ2) is 22.9. The van der Waals surface area contributed by atoms with E-state index in [-0.39, 0.29) is 0 Å². The molecule has 0 fully saturated rings. The molecule has 0 saturated carbocycles. The van der Waals surface area contributed by atoms with E-state index in [0.29, 0.717) is 0 Å². The fraction of sp³-hybridized carbons (Fsp3) is 0.125. The highest BCUT2D eigenvalue weighted by atomic mass is 32.2. The monoisotopic (exact) mass is 1180 g/mol. The summed E-state index contributed by atoms with van der Waals surface area (Å²) in [5, 5.41) is 4.88. The Hall–Kier alpha value is -9.08. The number of aromatic nitrogens is 6. The molecule has 0 saturated heterocycles. The van der Waals surface area contributed by atoms with Gasteiger partial charge in [-0.25, -0.2) is 16.8 Å². The van der Waals surface area contributed by atoms with Crippen LogP contribution in [0.5, 0.6) is 0 Å². The molecule has 0 radical (unpaired) electrons. The van der Waals surface area contributed by atoms with E-state index < -0.39 is 31.3 Å². The van der Waals surface area contributed by atoms with Gasteiger partial charge in [-0.1, -0.05) is 97.1 Å². The number of para-hydroxylation sites is 4. The standard InChI is InChI=1S/C62H48N6.2CHF3O3S/c1-5-13-59-45(9-1)35-49(63-59)21-17-41-31-53(25-23-51-37-47-11-3-7-15-61(47)65-51)67-29-27-43-19-20-44-28-30-68-54(26-24-52-38-48-12-4-8-16-62(48)66-52)32-42(18-22-50-36-46-10-2-6-14-60(46)64-50)34-56(68)40-58(44)57(43)39-55(67)33-41;2*2-1(3,4)8(5,6)7/h1-26,31-38H,27-30,39-40H2,(H2,63,64,65,66);2*(H,5,6,7). The first kappa shape index (κ1) is 56.8. The van der Waals surface area contributed by atoms with E-state index in [0.717, 1.165) is 83.6 Å². The topological polar surface area (TPSA) is 185 Å². The number of hydrogen-bond donors (Lipinski definition) is 4. The van der Waals surface area contributed by atoms with Gasteiger partial charge in [0.1, 0.15) is 0 Å². The zero-order valence-corrected chi connectivity index (χ0v) is 45.9. The first-order valence-corrected chi connectivity index (χ1v) is 29.2. The van der Waals surface area contributed by atoms with Crippen LogP contribution >= 0.6 is 0 Å². The maximum atomic E-state index is 10.7. The fourth-order valence-corrected chi connectivity index (χ4v) is 10.8. The number of pyridine rings is 2. The number of fused-ring (bicyclic) bond motifs is 9. The first-order valence-electron chi connectivity index (χ1n) is 26.4. The third kappa shape index (κ3) is 12.8. The molecule has 8 heterocycles. The van der Waals surface area contributed by atoms with Crippen LogP contribution in [0.3, 0.4) is 0 Å². The molecule has 0 spiro atoms. The van der Waals surface area contributed by atoms with Crippen LogP contribution in [0, 0.1) is 0 Å². The van der Waals surface area contributed by atoms with Crippen molar-refractivity contribution in [1.82, 2.24) is 19.9 Å². The maximum Gasteiger partial charge on any atom is 0.485 e. The van der Waals surface area contributed by atoms with Gasteiger partial charge in [0.05, 0.1) is 12.8 Å². The minimum absolute atomic E-state index is 0.868. The largest absolute Gasteiger partial charge is 0.741 e. The number of nitrogens with zero attached hydrogens (tertiary/aromatic N) is 2. The molecule has 0 unspecified atom stereocenters. The Kier molecular flexibility index (Phi) is 15.5. The zero-order valence-electron chi connectivity index (χ0n) is 44.3. The highest BCUT2D eigenvalue weighted by Gasteiger charge is 2.38. The summed E-state index contributed by atoms with van der Waals surface area (Å²) in [7, 11) is -12.2. The van der Waals surface area contributed by atoms with E-state index in [4.69, 9.17) is 25.9 Å². The van der Waals surface area contributed by atoms with Gasteiger partial charge in [-0.05, 0) is 128 Å². The van der Waals surface area contributed by atoms with Crippen LogP contribution < -0.4 is 9.13 Å². The van der Waals surface area contributed by atoms with E-state index in [1.807, 2.05) is 0 Å². The Morgan fingerprint density at radius 2 is 0.679 bits per heavy atom. The number of nitrogens with one attached hydrogen (secondary N) is 4. The summed E-state index contributed by atoms with van der Waals surface area (Å²) in [6.45, 7) is 1.83. The molecular formula is C64H50F6N6O6S2. The summed E-state index contributed by atoms with van der Waals surface area (Å²) >= 11 is 0. The molecule has 84 heavy (non-hydrogen) atoms. The van der Waals surface area contributed by atoms with Crippen molar-refractivity contribution < 1.29 is 61.4 Å². The van der Waals surface area contributed by atoms with E-state index in [1.54, 1.807) is 0 Å². The van der Waals surface area contributed by atoms with Gasteiger partial charge in [0.25, 0.3) is 0 Å². The second-order valence-electron chi connectivity index (χ2n) is 20.3. The van der Waals surface area contributed by atoms with Crippen LogP contribution in [-0.4, -0.2) is 56.9 Å². The molecule has 13 rings (SSSR count). The highest BCUT2D eigenvalue weighted by Crippen LogP contribution is 2.31. The minimum atomic E-state index is -6.09. The lowest BCUT2D eigenvalue weighted by Crippen LogP contribution is -2.41. The summed E-state index contributed by atoms with van der Waals surface area (Å²) in [5.41, 5.74) is 11.0. The van der Waals surface area contributed by atoms with Crippen molar-refractivity contribution in [3.8, 4) is 0 Å². The summed E-state index contributed by atoms with van der Waals surface area (Å²) < 4.78 is 123. The molecule has 2 aliphatic heterocycles. The number of rotatable bonds is 8. The van der Waals surface area contributed by atoms with Crippen molar-refractivity contribution in [2.24, 2.45) is 0 Å². The fourth-order valence-electron chi connectivity index (χ4n) is 10.8. The number of hydrogen-bond acceptors (Lipinski definition) is 6. The number of alkyl halides is 6. The minimum Gasteiger partial charge on any atom is -0.741 e. The molecule has 0 aliphatic carbocycles. The zero-order chi connectivity index (χ0) is 59.0.